The Hall–Kier alpha value is -1.81. The van der Waals surface area contributed by atoms with Crippen LogP contribution in [0, 0.1) is 5.92 Å². The zero-order valence-electron chi connectivity index (χ0n) is 12.0. The maximum absolute atomic E-state index is 12.2. The molecule has 0 bridgehead atoms. The minimum absolute atomic E-state index is 0.0358. The van der Waals surface area contributed by atoms with Crippen LogP contribution in [0.15, 0.2) is 36.4 Å². The molecule has 0 radical (unpaired) electrons. The largest absolute Gasteiger partial charge is 0.493 e. The Morgan fingerprint density at radius 2 is 2.24 bits per heavy atom. The summed E-state index contributed by atoms with van der Waals surface area (Å²) in [5, 5.41) is 13.8. The number of hydrogen-bond acceptors (Lipinski definition) is 3. The highest BCUT2D eigenvalue weighted by atomic mass is 16.5. The molecule has 1 amide bonds. The van der Waals surface area contributed by atoms with Crippen molar-refractivity contribution >= 4 is 5.91 Å². The number of benzene rings is 1. The summed E-state index contributed by atoms with van der Waals surface area (Å²) >= 11 is 0. The van der Waals surface area contributed by atoms with Gasteiger partial charge in [-0.05, 0) is 25.3 Å². The fourth-order valence-electron chi connectivity index (χ4n) is 3.03. The molecule has 0 spiro atoms. The number of amides is 1. The lowest BCUT2D eigenvalue weighted by Crippen LogP contribution is -2.45. The summed E-state index contributed by atoms with van der Waals surface area (Å²) in [6.45, 7) is 0.710. The molecule has 4 heteroatoms. The lowest BCUT2D eigenvalue weighted by Gasteiger charge is -2.34. The molecule has 2 aliphatic rings. The molecule has 2 N–H and O–H groups in total. The average Bonchev–Trinajstić information content (AvgIpc) is 2.54. The van der Waals surface area contributed by atoms with E-state index in [0.29, 0.717) is 18.8 Å². The SMILES string of the molecule is O=C(NC[C@]1(O)CCOc2ccccc21)[C@@H]1CC=CCC1. The van der Waals surface area contributed by atoms with Gasteiger partial charge in [0.15, 0.2) is 0 Å². The molecule has 2 atom stereocenters. The number of rotatable bonds is 3. The maximum atomic E-state index is 12.2. The van der Waals surface area contributed by atoms with Gasteiger partial charge in [-0.2, -0.15) is 0 Å². The van der Waals surface area contributed by atoms with Gasteiger partial charge in [0.25, 0.3) is 0 Å². The molecule has 3 rings (SSSR count). The van der Waals surface area contributed by atoms with Crippen molar-refractivity contribution in [3.8, 4) is 5.75 Å². The zero-order chi connectivity index (χ0) is 14.7. The number of carbonyl (C=O) groups is 1. The smallest absolute Gasteiger partial charge is 0.223 e. The Balaban J connectivity index is 1.67. The summed E-state index contributed by atoms with van der Waals surface area (Å²) in [7, 11) is 0. The van der Waals surface area contributed by atoms with E-state index >= 15 is 0 Å². The van der Waals surface area contributed by atoms with Crippen molar-refractivity contribution in [1.29, 1.82) is 0 Å². The molecule has 1 aromatic carbocycles. The number of aliphatic hydroxyl groups is 1. The van der Waals surface area contributed by atoms with Crippen LogP contribution in [0.5, 0.6) is 5.75 Å². The topological polar surface area (TPSA) is 58.6 Å². The molecule has 0 saturated heterocycles. The molecule has 0 unspecified atom stereocenters. The van der Waals surface area contributed by atoms with Gasteiger partial charge >= 0.3 is 0 Å². The number of carbonyl (C=O) groups excluding carboxylic acids is 1. The van der Waals surface area contributed by atoms with Crippen LogP contribution >= 0.6 is 0 Å². The first-order chi connectivity index (χ1) is 10.2. The normalized spacial score (nSPS) is 27.6. The Morgan fingerprint density at radius 3 is 3.05 bits per heavy atom. The maximum Gasteiger partial charge on any atom is 0.223 e. The van der Waals surface area contributed by atoms with Crippen molar-refractivity contribution in [2.75, 3.05) is 13.2 Å². The van der Waals surface area contributed by atoms with Crippen molar-refractivity contribution in [2.24, 2.45) is 5.92 Å². The molecule has 0 aromatic heterocycles. The monoisotopic (exact) mass is 287 g/mol. The first kappa shape index (κ1) is 14.1. The highest BCUT2D eigenvalue weighted by Gasteiger charge is 2.36. The van der Waals surface area contributed by atoms with Crippen molar-refractivity contribution in [3.63, 3.8) is 0 Å². The molecule has 1 aliphatic carbocycles. The quantitative estimate of drug-likeness (QED) is 0.837. The van der Waals surface area contributed by atoms with Crippen molar-refractivity contribution in [1.82, 2.24) is 5.32 Å². The molecule has 1 aromatic rings. The summed E-state index contributed by atoms with van der Waals surface area (Å²) in [5.74, 6) is 0.784. The third kappa shape index (κ3) is 2.95. The highest BCUT2D eigenvalue weighted by molar-refractivity contribution is 5.79. The number of para-hydroxylation sites is 1. The standard InChI is InChI=1S/C17H21NO3/c19-16(13-6-2-1-3-7-13)18-12-17(20)10-11-21-15-9-5-4-8-14(15)17/h1-2,4-5,8-9,13,20H,3,6-7,10-12H2,(H,18,19)/t13-,17-/m1/s1. The number of ether oxygens (including phenoxy) is 1. The van der Waals surface area contributed by atoms with Crippen LogP contribution < -0.4 is 10.1 Å². The van der Waals surface area contributed by atoms with Gasteiger partial charge in [-0.15, -0.1) is 0 Å². The second-order valence-corrected chi connectivity index (χ2v) is 5.83. The Morgan fingerprint density at radius 1 is 1.38 bits per heavy atom. The van der Waals surface area contributed by atoms with E-state index in [1.807, 2.05) is 24.3 Å². The van der Waals surface area contributed by atoms with E-state index in [9.17, 15) is 9.90 Å². The van der Waals surface area contributed by atoms with Gasteiger partial charge in [-0.3, -0.25) is 4.79 Å². The van der Waals surface area contributed by atoms with Gasteiger partial charge in [-0.1, -0.05) is 30.4 Å². The van der Waals surface area contributed by atoms with Crippen LogP contribution in [0.25, 0.3) is 0 Å². The summed E-state index contributed by atoms with van der Waals surface area (Å²) in [4.78, 5) is 12.2. The summed E-state index contributed by atoms with van der Waals surface area (Å²) < 4.78 is 5.56. The van der Waals surface area contributed by atoms with E-state index in [2.05, 4.69) is 17.5 Å². The lowest BCUT2D eigenvalue weighted by atomic mass is 9.87. The predicted octanol–water partition coefficient (Wildman–Crippen LogP) is 2.13. The number of fused-ring (bicyclic) bond motifs is 1. The van der Waals surface area contributed by atoms with E-state index in [1.165, 1.54) is 0 Å². The predicted molar refractivity (Wildman–Crippen MR) is 79.9 cm³/mol. The molecule has 21 heavy (non-hydrogen) atoms. The molecule has 112 valence electrons. The molecule has 0 fully saturated rings. The molecular formula is C17H21NO3. The van der Waals surface area contributed by atoms with Crippen LogP contribution in [0.1, 0.15) is 31.2 Å². The van der Waals surface area contributed by atoms with Crippen LogP contribution in [0.2, 0.25) is 0 Å². The van der Waals surface area contributed by atoms with Crippen LogP contribution in [-0.2, 0) is 10.4 Å². The fourth-order valence-corrected chi connectivity index (χ4v) is 3.03. The number of allylic oxidation sites excluding steroid dienone is 2. The minimum Gasteiger partial charge on any atom is -0.493 e. The van der Waals surface area contributed by atoms with E-state index < -0.39 is 5.60 Å². The average molecular weight is 287 g/mol. The van der Waals surface area contributed by atoms with E-state index in [4.69, 9.17) is 4.74 Å². The van der Waals surface area contributed by atoms with Crippen molar-refractivity contribution in [2.45, 2.75) is 31.3 Å². The Bertz CT molecular complexity index is 555. The van der Waals surface area contributed by atoms with Gasteiger partial charge in [0.1, 0.15) is 11.4 Å². The van der Waals surface area contributed by atoms with E-state index in [1.54, 1.807) is 0 Å². The second kappa shape index (κ2) is 5.90. The molecule has 4 nitrogen and oxygen atoms in total. The van der Waals surface area contributed by atoms with Crippen LogP contribution in [0.3, 0.4) is 0 Å². The summed E-state index contributed by atoms with van der Waals surface area (Å²) in [6, 6.07) is 7.49. The van der Waals surface area contributed by atoms with Gasteiger partial charge in [0.05, 0.1) is 13.2 Å². The van der Waals surface area contributed by atoms with Crippen LogP contribution in [0.4, 0.5) is 0 Å². The first-order valence-electron chi connectivity index (χ1n) is 7.56. The van der Waals surface area contributed by atoms with Gasteiger partial charge < -0.3 is 15.2 Å². The molecule has 0 saturated carbocycles. The van der Waals surface area contributed by atoms with Gasteiger partial charge in [0, 0.05) is 17.9 Å². The lowest BCUT2D eigenvalue weighted by molar-refractivity contribution is -0.127. The Kier molecular flexibility index (Phi) is 3.97. The fraction of sp³-hybridized carbons (Fsp3) is 0.471. The second-order valence-electron chi connectivity index (χ2n) is 5.83. The Labute approximate surface area is 124 Å². The first-order valence-corrected chi connectivity index (χ1v) is 7.56. The molecule has 1 aliphatic heterocycles. The van der Waals surface area contributed by atoms with E-state index in [0.717, 1.165) is 24.8 Å². The number of hydrogen-bond donors (Lipinski definition) is 2. The third-order valence-corrected chi connectivity index (χ3v) is 4.36. The van der Waals surface area contributed by atoms with Crippen molar-refractivity contribution < 1.29 is 14.6 Å². The van der Waals surface area contributed by atoms with Crippen molar-refractivity contribution in [3.05, 3.63) is 42.0 Å². The van der Waals surface area contributed by atoms with Gasteiger partial charge in [-0.25, -0.2) is 0 Å². The molecular weight excluding hydrogens is 266 g/mol. The van der Waals surface area contributed by atoms with Gasteiger partial charge in [0.2, 0.25) is 5.91 Å². The van der Waals surface area contributed by atoms with Crippen LogP contribution in [-0.4, -0.2) is 24.2 Å². The summed E-state index contributed by atoms with van der Waals surface area (Å²) in [6.07, 6.45) is 7.32. The minimum atomic E-state index is -1.03. The highest BCUT2D eigenvalue weighted by Crippen LogP contribution is 2.36. The number of nitrogens with one attached hydrogen (secondary N) is 1. The van der Waals surface area contributed by atoms with E-state index in [-0.39, 0.29) is 18.4 Å². The molecule has 1 heterocycles. The zero-order valence-corrected chi connectivity index (χ0v) is 12.0. The third-order valence-electron chi connectivity index (χ3n) is 4.36. The summed E-state index contributed by atoms with van der Waals surface area (Å²) in [5.41, 5.74) is -0.269.